The van der Waals surface area contributed by atoms with E-state index >= 15 is 0 Å². The highest BCUT2D eigenvalue weighted by molar-refractivity contribution is 5.03. The van der Waals surface area contributed by atoms with Crippen LogP contribution in [0, 0.1) is 11.3 Å². The first-order valence-electron chi connectivity index (χ1n) is 9.06. The molecule has 138 valence electrons. The first-order chi connectivity index (χ1) is 10.5. The summed E-state index contributed by atoms with van der Waals surface area (Å²) in [6.07, 6.45) is 4.27. The zero-order valence-corrected chi connectivity index (χ0v) is 17.1. The Morgan fingerprint density at radius 1 is 1.13 bits per heavy atom. The normalized spacial score (nSPS) is 19.2. The summed E-state index contributed by atoms with van der Waals surface area (Å²) in [6.45, 7) is 22.9. The molecule has 0 aromatic carbocycles. The Morgan fingerprint density at radius 2 is 1.70 bits per heavy atom. The van der Waals surface area contributed by atoms with Gasteiger partial charge in [-0.05, 0) is 60.4 Å². The summed E-state index contributed by atoms with van der Waals surface area (Å²) < 4.78 is 12.1. The Bertz CT molecular complexity index is 348. The molecule has 0 saturated heterocycles. The number of hydrogen-bond acceptors (Lipinski definition) is 3. The fourth-order valence-electron chi connectivity index (χ4n) is 2.61. The van der Waals surface area contributed by atoms with E-state index in [-0.39, 0.29) is 22.7 Å². The molecular weight excluding hydrogens is 286 g/mol. The standard InChI is InChI=1S/C20H41NO2/c1-11-19(8,13-14-22-16(3)4)18(6,7)23-15-17(5)20(9,12-2)21-10/h11,16-17,21H,1,12-15H2,2-10H3. The van der Waals surface area contributed by atoms with Crippen LogP contribution in [0.15, 0.2) is 12.7 Å². The van der Waals surface area contributed by atoms with E-state index in [0.29, 0.717) is 5.92 Å². The van der Waals surface area contributed by atoms with Crippen LogP contribution in [0.5, 0.6) is 0 Å². The summed E-state index contributed by atoms with van der Waals surface area (Å²) in [6, 6.07) is 0. The summed E-state index contributed by atoms with van der Waals surface area (Å²) in [5.41, 5.74) is -0.309. The Kier molecular flexibility index (Phi) is 9.04. The van der Waals surface area contributed by atoms with Crippen LogP contribution in [-0.2, 0) is 9.47 Å². The molecule has 0 saturated carbocycles. The second-order valence-corrected chi connectivity index (χ2v) is 8.03. The van der Waals surface area contributed by atoms with Gasteiger partial charge in [-0.15, -0.1) is 6.58 Å². The van der Waals surface area contributed by atoms with Crippen molar-refractivity contribution in [1.29, 1.82) is 0 Å². The minimum atomic E-state index is -0.286. The zero-order chi connectivity index (χ0) is 18.3. The van der Waals surface area contributed by atoms with Crippen molar-refractivity contribution in [3.63, 3.8) is 0 Å². The summed E-state index contributed by atoms with van der Waals surface area (Å²) in [5, 5.41) is 3.44. The minimum Gasteiger partial charge on any atom is -0.379 e. The van der Waals surface area contributed by atoms with Crippen molar-refractivity contribution >= 4 is 0 Å². The molecule has 0 radical (unpaired) electrons. The van der Waals surface area contributed by atoms with Crippen molar-refractivity contribution < 1.29 is 9.47 Å². The molecule has 3 heteroatoms. The SMILES string of the molecule is C=CC(C)(CCOC(C)C)C(C)(C)OCC(C)C(C)(CC)NC. The molecule has 0 bridgehead atoms. The molecule has 0 heterocycles. The number of nitrogens with one attached hydrogen (secondary N) is 1. The Balaban J connectivity index is 4.83. The van der Waals surface area contributed by atoms with Gasteiger partial charge in [0.25, 0.3) is 0 Å². The zero-order valence-electron chi connectivity index (χ0n) is 17.1. The van der Waals surface area contributed by atoms with Crippen LogP contribution >= 0.6 is 0 Å². The van der Waals surface area contributed by atoms with E-state index in [4.69, 9.17) is 9.47 Å². The first-order valence-corrected chi connectivity index (χ1v) is 9.06. The van der Waals surface area contributed by atoms with E-state index in [9.17, 15) is 0 Å². The molecule has 1 N–H and O–H groups in total. The van der Waals surface area contributed by atoms with Crippen molar-refractivity contribution in [3.8, 4) is 0 Å². The van der Waals surface area contributed by atoms with Crippen LogP contribution < -0.4 is 5.32 Å². The third-order valence-electron chi connectivity index (χ3n) is 5.99. The number of rotatable bonds is 12. The summed E-state index contributed by atoms with van der Waals surface area (Å²) >= 11 is 0. The molecule has 23 heavy (non-hydrogen) atoms. The van der Waals surface area contributed by atoms with E-state index < -0.39 is 0 Å². The van der Waals surface area contributed by atoms with Crippen LogP contribution in [0.25, 0.3) is 0 Å². The predicted octanol–water partition coefficient (Wildman–Crippen LogP) is 4.81. The lowest BCUT2D eigenvalue weighted by atomic mass is 9.73. The van der Waals surface area contributed by atoms with Gasteiger partial charge in [0, 0.05) is 17.6 Å². The molecule has 0 aromatic heterocycles. The average Bonchev–Trinajstić information content (AvgIpc) is 2.50. The predicted molar refractivity (Wildman–Crippen MR) is 101 cm³/mol. The van der Waals surface area contributed by atoms with Gasteiger partial charge in [0.05, 0.1) is 18.3 Å². The smallest absolute Gasteiger partial charge is 0.0714 e. The average molecular weight is 328 g/mol. The van der Waals surface area contributed by atoms with Gasteiger partial charge in [-0.3, -0.25) is 0 Å². The van der Waals surface area contributed by atoms with Gasteiger partial charge >= 0.3 is 0 Å². The largest absolute Gasteiger partial charge is 0.379 e. The van der Waals surface area contributed by atoms with Crippen molar-refractivity contribution in [2.75, 3.05) is 20.3 Å². The van der Waals surface area contributed by atoms with E-state index in [1.807, 2.05) is 13.1 Å². The van der Waals surface area contributed by atoms with Crippen LogP contribution in [0.4, 0.5) is 0 Å². The number of hydrogen-bond donors (Lipinski definition) is 1. The highest BCUT2D eigenvalue weighted by Gasteiger charge is 2.40. The molecular formula is C20H41NO2. The van der Waals surface area contributed by atoms with E-state index in [1.54, 1.807) is 0 Å². The Morgan fingerprint density at radius 3 is 2.09 bits per heavy atom. The fourth-order valence-corrected chi connectivity index (χ4v) is 2.61. The van der Waals surface area contributed by atoms with Crippen LogP contribution in [0.3, 0.4) is 0 Å². The maximum atomic E-state index is 6.39. The van der Waals surface area contributed by atoms with Gasteiger partial charge in [-0.1, -0.05) is 26.8 Å². The maximum Gasteiger partial charge on any atom is 0.0714 e. The van der Waals surface area contributed by atoms with E-state index in [0.717, 1.165) is 26.1 Å². The summed E-state index contributed by atoms with van der Waals surface area (Å²) in [4.78, 5) is 0. The highest BCUT2D eigenvalue weighted by Crippen LogP contribution is 2.39. The van der Waals surface area contributed by atoms with Gasteiger partial charge < -0.3 is 14.8 Å². The van der Waals surface area contributed by atoms with Gasteiger partial charge in [0.1, 0.15) is 0 Å². The van der Waals surface area contributed by atoms with E-state index in [2.05, 4.69) is 67.3 Å². The van der Waals surface area contributed by atoms with Crippen LogP contribution in [0.2, 0.25) is 0 Å². The Labute approximate surface area is 145 Å². The second kappa shape index (κ2) is 9.19. The molecule has 0 fully saturated rings. The van der Waals surface area contributed by atoms with Gasteiger partial charge in [0.15, 0.2) is 0 Å². The lowest BCUT2D eigenvalue weighted by molar-refractivity contribution is -0.112. The van der Waals surface area contributed by atoms with Crippen molar-refractivity contribution in [2.45, 2.75) is 85.5 Å². The van der Waals surface area contributed by atoms with Gasteiger partial charge in [-0.2, -0.15) is 0 Å². The fraction of sp³-hybridized carbons (Fsp3) is 0.900. The van der Waals surface area contributed by atoms with Crippen molar-refractivity contribution in [2.24, 2.45) is 11.3 Å². The molecule has 0 amide bonds. The molecule has 0 aliphatic carbocycles. The maximum absolute atomic E-state index is 6.39. The molecule has 0 spiro atoms. The first kappa shape index (κ1) is 22.6. The quantitative estimate of drug-likeness (QED) is 0.522. The molecule has 0 aliphatic rings. The Hall–Kier alpha value is -0.380. The summed E-state index contributed by atoms with van der Waals surface area (Å²) in [7, 11) is 2.03. The van der Waals surface area contributed by atoms with Crippen LogP contribution in [0.1, 0.15) is 68.2 Å². The van der Waals surface area contributed by atoms with Crippen LogP contribution in [-0.4, -0.2) is 37.5 Å². The van der Waals surface area contributed by atoms with Gasteiger partial charge in [-0.25, -0.2) is 0 Å². The molecule has 0 rings (SSSR count). The minimum absolute atomic E-state index is 0.0986. The third kappa shape index (κ3) is 6.21. The molecule has 0 aliphatic heterocycles. The summed E-state index contributed by atoms with van der Waals surface area (Å²) in [5.74, 6) is 0.428. The second-order valence-electron chi connectivity index (χ2n) is 8.03. The number of ether oxygens (including phenoxy) is 2. The third-order valence-corrected chi connectivity index (χ3v) is 5.99. The van der Waals surface area contributed by atoms with Crippen molar-refractivity contribution in [3.05, 3.63) is 12.7 Å². The monoisotopic (exact) mass is 327 g/mol. The highest BCUT2D eigenvalue weighted by atomic mass is 16.5. The molecule has 3 atom stereocenters. The topological polar surface area (TPSA) is 30.5 Å². The van der Waals surface area contributed by atoms with E-state index in [1.165, 1.54) is 0 Å². The molecule has 0 aromatic rings. The lowest BCUT2D eigenvalue weighted by Crippen LogP contribution is -2.50. The van der Waals surface area contributed by atoms with Crippen molar-refractivity contribution in [1.82, 2.24) is 5.32 Å². The van der Waals surface area contributed by atoms with Gasteiger partial charge in [0.2, 0.25) is 0 Å². The molecule has 3 unspecified atom stereocenters. The lowest BCUT2D eigenvalue weighted by Gasteiger charge is -2.44. The molecule has 3 nitrogen and oxygen atoms in total.